The van der Waals surface area contributed by atoms with Crippen LogP contribution in [0.1, 0.15) is 20.3 Å². The molecule has 0 bridgehead atoms. The molecule has 136 valence electrons. The number of hydrogen-bond acceptors (Lipinski definition) is 6. The van der Waals surface area contributed by atoms with Gasteiger partial charge in [0.05, 0.1) is 25.6 Å². The first-order chi connectivity index (χ1) is 11.0. The van der Waals surface area contributed by atoms with Gasteiger partial charge in [0, 0.05) is 0 Å². The van der Waals surface area contributed by atoms with Crippen LogP contribution in [0.15, 0.2) is 0 Å². The molecule has 0 aromatic heterocycles. The molecule has 7 N–H and O–H groups in total. The lowest BCUT2D eigenvalue weighted by molar-refractivity contribution is -0.143. The fraction of sp³-hybridized carbons (Fsp3) is 0.615. The first kappa shape index (κ1) is 21.3. The van der Waals surface area contributed by atoms with Gasteiger partial charge >= 0.3 is 11.9 Å². The maximum Gasteiger partial charge on any atom is 0.326 e. The first-order valence-corrected chi connectivity index (χ1v) is 7.08. The molecule has 2 unspecified atom stereocenters. The second-order valence-corrected chi connectivity index (χ2v) is 5.33. The predicted octanol–water partition coefficient (Wildman–Crippen LogP) is -2.75. The van der Waals surface area contributed by atoms with Crippen molar-refractivity contribution < 1.29 is 34.2 Å². The molecule has 0 aliphatic carbocycles. The third-order valence-electron chi connectivity index (χ3n) is 2.85. The molecule has 0 aromatic carbocycles. The van der Waals surface area contributed by atoms with E-state index in [0.29, 0.717) is 0 Å². The Bertz CT molecular complexity index is 507. The molecule has 0 heterocycles. The maximum atomic E-state index is 11.6. The van der Waals surface area contributed by atoms with Crippen LogP contribution in [0.2, 0.25) is 0 Å². The van der Waals surface area contributed by atoms with E-state index >= 15 is 0 Å². The lowest BCUT2D eigenvalue weighted by atomic mass is 10.1. The van der Waals surface area contributed by atoms with Gasteiger partial charge in [0.1, 0.15) is 6.04 Å². The van der Waals surface area contributed by atoms with Crippen LogP contribution in [0.3, 0.4) is 0 Å². The van der Waals surface area contributed by atoms with Gasteiger partial charge in [-0.2, -0.15) is 0 Å². The second-order valence-electron chi connectivity index (χ2n) is 5.33. The molecular weight excluding hydrogens is 324 g/mol. The highest BCUT2D eigenvalue weighted by atomic mass is 16.4. The molecule has 11 heteroatoms. The van der Waals surface area contributed by atoms with E-state index in [9.17, 15) is 24.0 Å². The minimum atomic E-state index is -1.29. The number of nitrogens with one attached hydrogen (secondary N) is 3. The zero-order valence-corrected chi connectivity index (χ0v) is 13.4. The number of amides is 3. The molecule has 0 saturated heterocycles. The number of rotatable bonds is 10. The van der Waals surface area contributed by atoms with Crippen LogP contribution in [0.4, 0.5) is 0 Å². The highest BCUT2D eigenvalue weighted by molar-refractivity contribution is 5.91. The maximum absolute atomic E-state index is 11.6. The predicted molar refractivity (Wildman–Crippen MR) is 80.7 cm³/mol. The summed E-state index contributed by atoms with van der Waals surface area (Å²) >= 11 is 0. The van der Waals surface area contributed by atoms with E-state index in [2.05, 4.69) is 16.0 Å². The summed E-state index contributed by atoms with van der Waals surface area (Å²) in [6.45, 7) is 2.28. The largest absolute Gasteiger partial charge is 0.481 e. The van der Waals surface area contributed by atoms with Crippen molar-refractivity contribution in [1.29, 1.82) is 0 Å². The van der Waals surface area contributed by atoms with Gasteiger partial charge in [0.15, 0.2) is 0 Å². The Kier molecular flexibility index (Phi) is 9.02. The zero-order valence-electron chi connectivity index (χ0n) is 13.4. The van der Waals surface area contributed by atoms with Gasteiger partial charge in [0.25, 0.3) is 0 Å². The van der Waals surface area contributed by atoms with E-state index in [1.165, 1.54) is 0 Å². The summed E-state index contributed by atoms with van der Waals surface area (Å²) < 4.78 is 0. The number of carboxylic acid groups (broad SMARTS) is 2. The third kappa shape index (κ3) is 8.68. The van der Waals surface area contributed by atoms with E-state index in [1.807, 2.05) is 0 Å². The van der Waals surface area contributed by atoms with Gasteiger partial charge in [-0.1, -0.05) is 13.8 Å². The highest BCUT2D eigenvalue weighted by Gasteiger charge is 2.23. The molecule has 2 atom stereocenters. The van der Waals surface area contributed by atoms with Crippen LogP contribution < -0.4 is 21.7 Å². The van der Waals surface area contributed by atoms with Crippen molar-refractivity contribution in [1.82, 2.24) is 16.0 Å². The van der Waals surface area contributed by atoms with Gasteiger partial charge in [-0.15, -0.1) is 0 Å². The number of carboxylic acids is 2. The number of aliphatic carboxylic acids is 2. The molecule has 11 nitrogen and oxygen atoms in total. The van der Waals surface area contributed by atoms with E-state index in [4.69, 9.17) is 15.9 Å². The lowest BCUT2D eigenvalue weighted by Crippen LogP contribution is -2.50. The Morgan fingerprint density at radius 3 is 1.96 bits per heavy atom. The average molecular weight is 346 g/mol. The molecule has 0 saturated carbocycles. The van der Waals surface area contributed by atoms with Crippen molar-refractivity contribution >= 4 is 29.7 Å². The van der Waals surface area contributed by atoms with E-state index in [-0.39, 0.29) is 5.92 Å². The summed E-state index contributed by atoms with van der Waals surface area (Å²) in [4.78, 5) is 55.8. The number of hydrogen-bond donors (Lipinski definition) is 6. The summed E-state index contributed by atoms with van der Waals surface area (Å²) in [6.07, 6.45) is -0.582. The minimum absolute atomic E-state index is 0.336. The Morgan fingerprint density at radius 1 is 0.958 bits per heavy atom. The lowest BCUT2D eigenvalue weighted by Gasteiger charge is -2.18. The zero-order chi connectivity index (χ0) is 18.9. The van der Waals surface area contributed by atoms with Crippen LogP contribution in [0.25, 0.3) is 0 Å². The fourth-order valence-electron chi connectivity index (χ4n) is 1.56. The molecule has 3 amide bonds. The topological polar surface area (TPSA) is 188 Å². The molecule has 24 heavy (non-hydrogen) atoms. The van der Waals surface area contributed by atoms with Crippen molar-refractivity contribution in [2.45, 2.75) is 32.4 Å². The minimum Gasteiger partial charge on any atom is -0.481 e. The Hall–Kier alpha value is -2.69. The Balaban J connectivity index is 4.17. The number of nitrogens with two attached hydrogens (primary N) is 1. The van der Waals surface area contributed by atoms with Crippen LogP contribution in [0.5, 0.6) is 0 Å². The molecule has 0 radical (unpaired) electrons. The van der Waals surface area contributed by atoms with Crippen LogP contribution in [0, 0.1) is 5.92 Å². The SMILES string of the molecule is CC(C)C(NC(=O)CNC(=O)CNC(=O)C(N)CC(=O)O)C(=O)O. The molecule has 0 aromatic rings. The summed E-state index contributed by atoms with van der Waals surface area (Å²) in [5.74, 6) is -5.00. The molecule has 0 rings (SSSR count). The quantitative estimate of drug-likeness (QED) is 0.245. The van der Waals surface area contributed by atoms with Crippen molar-refractivity contribution in [3.63, 3.8) is 0 Å². The van der Waals surface area contributed by atoms with E-state index in [0.717, 1.165) is 0 Å². The van der Waals surface area contributed by atoms with Gasteiger partial charge < -0.3 is 31.9 Å². The van der Waals surface area contributed by atoms with Gasteiger partial charge in [-0.25, -0.2) is 4.79 Å². The van der Waals surface area contributed by atoms with Crippen LogP contribution in [-0.2, 0) is 24.0 Å². The van der Waals surface area contributed by atoms with Crippen molar-refractivity contribution in [2.24, 2.45) is 11.7 Å². The third-order valence-corrected chi connectivity index (χ3v) is 2.85. The standard InChI is InChI=1S/C13H22N4O7/c1-6(2)11(13(23)24)17-9(19)5-15-8(18)4-16-12(22)7(14)3-10(20)21/h6-7,11H,3-5,14H2,1-2H3,(H,15,18)(H,16,22)(H,17,19)(H,20,21)(H,23,24). The Morgan fingerprint density at radius 2 is 1.50 bits per heavy atom. The second kappa shape index (κ2) is 10.2. The van der Waals surface area contributed by atoms with E-state index in [1.54, 1.807) is 13.8 Å². The van der Waals surface area contributed by atoms with Crippen molar-refractivity contribution in [3.8, 4) is 0 Å². The smallest absolute Gasteiger partial charge is 0.326 e. The van der Waals surface area contributed by atoms with E-state index < -0.39 is 61.3 Å². The van der Waals surface area contributed by atoms with Crippen molar-refractivity contribution in [2.75, 3.05) is 13.1 Å². The Labute approximate surface area is 138 Å². The number of carbonyl (C=O) groups is 5. The van der Waals surface area contributed by atoms with Crippen molar-refractivity contribution in [3.05, 3.63) is 0 Å². The summed E-state index contributed by atoms with van der Waals surface area (Å²) in [6, 6.07) is -2.37. The summed E-state index contributed by atoms with van der Waals surface area (Å²) in [5.41, 5.74) is 5.29. The molecule has 0 fully saturated rings. The molecule has 0 aliphatic heterocycles. The van der Waals surface area contributed by atoms with Crippen LogP contribution in [-0.4, -0.2) is 65.0 Å². The summed E-state index contributed by atoms with van der Waals surface area (Å²) in [7, 11) is 0. The molecular formula is C13H22N4O7. The molecule has 0 aliphatic rings. The summed E-state index contributed by atoms with van der Waals surface area (Å²) in [5, 5.41) is 24.0. The monoisotopic (exact) mass is 346 g/mol. The van der Waals surface area contributed by atoms with Crippen LogP contribution >= 0.6 is 0 Å². The highest BCUT2D eigenvalue weighted by Crippen LogP contribution is 2.01. The normalized spacial score (nSPS) is 12.8. The van der Waals surface area contributed by atoms with Gasteiger partial charge in [-0.05, 0) is 5.92 Å². The molecule has 0 spiro atoms. The van der Waals surface area contributed by atoms with Gasteiger partial charge in [-0.3, -0.25) is 19.2 Å². The average Bonchev–Trinajstić information content (AvgIpc) is 2.46. The fourth-order valence-corrected chi connectivity index (χ4v) is 1.56. The number of carbonyl (C=O) groups excluding carboxylic acids is 3. The van der Waals surface area contributed by atoms with Gasteiger partial charge in [0.2, 0.25) is 17.7 Å². The first-order valence-electron chi connectivity index (χ1n) is 7.08.